The highest BCUT2D eigenvalue weighted by atomic mass is 127. The molecule has 2 aromatic rings. The average molecular weight is 473 g/mol. The van der Waals surface area contributed by atoms with Crippen LogP contribution in [0.2, 0.25) is 0 Å². The van der Waals surface area contributed by atoms with E-state index in [0.29, 0.717) is 21.0 Å². The predicted molar refractivity (Wildman–Crippen MR) is 94.3 cm³/mol. The van der Waals surface area contributed by atoms with Crippen molar-refractivity contribution in [1.82, 2.24) is 0 Å². The molecule has 0 saturated carbocycles. The molecular weight excluding hydrogens is 463 g/mol. The molecule has 0 atom stereocenters. The van der Waals surface area contributed by atoms with Crippen LogP contribution in [-0.2, 0) is 4.79 Å². The van der Waals surface area contributed by atoms with Crippen LogP contribution in [0, 0.1) is 15.1 Å². The predicted octanol–water partition coefficient (Wildman–Crippen LogP) is 4.20. The summed E-state index contributed by atoms with van der Waals surface area (Å²) in [5.74, 6) is 0.608. The normalized spacial score (nSPS) is 10.9. The third-order valence-electron chi connectivity index (χ3n) is 2.66. The molecule has 7 heteroatoms. The van der Waals surface area contributed by atoms with E-state index in [1.807, 2.05) is 28.7 Å². The van der Waals surface area contributed by atoms with Crippen molar-refractivity contribution in [2.75, 3.05) is 12.4 Å². The minimum atomic E-state index is -0.504. The minimum absolute atomic E-state index is 0.0477. The Bertz CT molecular complexity index is 741. The zero-order valence-corrected chi connectivity index (χ0v) is 15.1. The van der Waals surface area contributed by atoms with Gasteiger partial charge in [0.1, 0.15) is 23.2 Å². The summed E-state index contributed by atoms with van der Waals surface area (Å²) in [6, 6.07) is 10.4. The number of hydrogen-bond acceptors (Lipinski definition) is 4. The van der Waals surface area contributed by atoms with E-state index in [1.165, 1.54) is 6.08 Å². The van der Waals surface area contributed by atoms with Crippen LogP contribution in [0.4, 0.5) is 5.69 Å². The van der Waals surface area contributed by atoms with Gasteiger partial charge in [-0.2, -0.15) is 5.26 Å². The Kier molecular flexibility index (Phi) is 5.63. The fourth-order valence-corrected chi connectivity index (χ4v) is 2.31. The number of nitrogens with one attached hydrogen (secondary N) is 1. The Balaban J connectivity index is 2.16. The number of nitriles is 1. The average Bonchev–Trinajstić information content (AvgIpc) is 2.83. The second-order valence-corrected chi connectivity index (χ2v) is 5.96. The van der Waals surface area contributed by atoms with Gasteiger partial charge in [0.25, 0.3) is 5.91 Å². The zero-order valence-electron chi connectivity index (χ0n) is 11.4. The Hall–Kier alpha value is -1.79. The first-order valence-electron chi connectivity index (χ1n) is 6.05. The van der Waals surface area contributed by atoms with Gasteiger partial charge in [0.2, 0.25) is 0 Å². The SMILES string of the molecule is COc1ccc(NC(=O)C(C#N)=Cc2cc(Br)c(I)o2)cc1. The van der Waals surface area contributed by atoms with Gasteiger partial charge in [0.05, 0.1) is 11.6 Å². The Labute approximate surface area is 149 Å². The largest absolute Gasteiger partial charge is 0.497 e. The third-order valence-corrected chi connectivity index (χ3v) is 4.80. The van der Waals surface area contributed by atoms with Crippen LogP contribution in [0.5, 0.6) is 5.75 Å². The molecular formula is C15H10BrIN2O3. The minimum Gasteiger partial charge on any atom is -0.497 e. The summed E-state index contributed by atoms with van der Waals surface area (Å²) in [5.41, 5.74) is 0.524. The highest BCUT2D eigenvalue weighted by Gasteiger charge is 2.12. The molecule has 1 aromatic heterocycles. The molecule has 0 saturated heterocycles. The van der Waals surface area contributed by atoms with Crippen LogP contribution in [-0.4, -0.2) is 13.0 Å². The zero-order chi connectivity index (χ0) is 16.1. The standard InChI is InChI=1S/C15H10BrIN2O3/c1-21-11-4-2-10(3-5-11)19-15(20)9(8-18)6-12-7-13(16)14(17)22-12/h2-7H,1H3,(H,19,20). The first-order chi connectivity index (χ1) is 10.5. The number of nitrogens with zero attached hydrogens (tertiary/aromatic N) is 1. The monoisotopic (exact) mass is 472 g/mol. The van der Waals surface area contributed by atoms with Gasteiger partial charge >= 0.3 is 0 Å². The van der Waals surface area contributed by atoms with E-state index in [9.17, 15) is 4.79 Å². The van der Waals surface area contributed by atoms with Crippen LogP contribution in [0.25, 0.3) is 6.08 Å². The van der Waals surface area contributed by atoms with Crippen LogP contribution in [0.3, 0.4) is 0 Å². The highest BCUT2D eigenvalue weighted by Crippen LogP contribution is 2.24. The molecule has 0 bridgehead atoms. The van der Waals surface area contributed by atoms with Crippen LogP contribution in [0.1, 0.15) is 5.76 Å². The van der Waals surface area contributed by atoms with Crippen molar-refractivity contribution in [2.45, 2.75) is 0 Å². The molecule has 0 aliphatic carbocycles. The van der Waals surface area contributed by atoms with Gasteiger partial charge in [-0.15, -0.1) is 0 Å². The number of methoxy groups -OCH3 is 1. The van der Waals surface area contributed by atoms with Gasteiger partial charge in [-0.25, -0.2) is 0 Å². The molecule has 0 radical (unpaired) electrons. The van der Waals surface area contributed by atoms with Gasteiger partial charge in [0.15, 0.2) is 3.77 Å². The number of benzene rings is 1. The van der Waals surface area contributed by atoms with E-state index < -0.39 is 5.91 Å². The van der Waals surface area contributed by atoms with Crippen LogP contribution < -0.4 is 10.1 Å². The summed E-state index contributed by atoms with van der Waals surface area (Å²) in [5, 5.41) is 11.8. The van der Waals surface area contributed by atoms with E-state index in [2.05, 4.69) is 21.2 Å². The maximum atomic E-state index is 12.1. The lowest BCUT2D eigenvalue weighted by Crippen LogP contribution is -2.13. The number of amides is 1. The Morgan fingerprint density at radius 2 is 2.14 bits per heavy atom. The summed E-state index contributed by atoms with van der Waals surface area (Å²) in [6.07, 6.45) is 1.39. The Morgan fingerprint density at radius 3 is 2.64 bits per heavy atom. The van der Waals surface area contributed by atoms with Crippen LogP contribution in [0.15, 0.2) is 44.8 Å². The third kappa shape index (κ3) is 4.11. The van der Waals surface area contributed by atoms with Crippen molar-refractivity contribution in [2.24, 2.45) is 0 Å². The molecule has 2 rings (SSSR count). The molecule has 22 heavy (non-hydrogen) atoms. The molecule has 1 aromatic carbocycles. The maximum absolute atomic E-state index is 12.1. The molecule has 0 aliphatic rings. The van der Waals surface area contributed by atoms with Gasteiger partial charge < -0.3 is 14.5 Å². The van der Waals surface area contributed by atoms with Crippen molar-refractivity contribution in [3.63, 3.8) is 0 Å². The lowest BCUT2D eigenvalue weighted by molar-refractivity contribution is -0.112. The smallest absolute Gasteiger partial charge is 0.266 e. The highest BCUT2D eigenvalue weighted by molar-refractivity contribution is 14.1. The molecule has 0 fully saturated rings. The topological polar surface area (TPSA) is 75.3 Å². The lowest BCUT2D eigenvalue weighted by atomic mass is 10.2. The van der Waals surface area contributed by atoms with E-state index >= 15 is 0 Å². The van der Waals surface area contributed by atoms with E-state index in [1.54, 1.807) is 37.4 Å². The van der Waals surface area contributed by atoms with Gasteiger partial charge in [-0.05, 0) is 46.3 Å². The van der Waals surface area contributed by atoms with E-state index in [4.69, 9.17) is 14.4 Å². The van der Waals surface area contributed by atoms with E-state index in [-0.39, 0.29) is 5.57 Å². The van der Waals surface area contributed by atoms with Crippen molar-refractivity contribution >= 4 is 56.2 Å². The van der Waals surface area contributed by atoms with E-state index in [0.717, 1.165) is 4.47 Å². The first kappa shape index (κ1) is 16.6. The summed E-state index contributed by atoms with van der Waals surface area (Å²) in [7, 11) is 1.56. The van der Waals surface area contributed by atoms with Gasteiger partial charge in [-0.1, -0.05) is 0 Å². The molecule has 112 valence electrons. The first-order valence-corrected chi connectivity index (χ1v) is 7.92. The number of halogens is 2. The fraction of sp³-hybridized carbons (Fsp3) is 0.0667. The summed E-state index contributed by atoms with van der Waals surface area (Å²) < 4.78 is 11.9. The molecule has 1 N–H and O–H groups in total. The summed E-state index contributed by atoms with van der Waals surface area (Å²) in [4.78, 5) is 12.1. The number of furan rings is 1. The second-order valence-electron chi connectivity index (χ2n) is 4.12. The van der Waals surface area contributed by atoms with Crippen LogP contribution >= 0.6 is 38.5 Å². The van der Waals surface area contributed by atoms with Gasteiger partial charge in [0, 0.05) is 34.4 Å². The molecule has 1 heterocycles. The molecule has 5 nitrogen and oxygen atoms in total. The number of rotatable bonds is 4. The number of carbonyl (C=O) groups is 1. The van der Waals surface area contributed by atoms with Crippen molar-refractivity contribution < 1.29 is 13.9 Å². The number of anilines is 1. The maximum Gasteiger partial charge on any atom is 0.266 e. The van der Waals surface area contributed by atoms with Crippen molar-refractivity contribution in [1.29, 1.82) is 5.26 Å². The summed E-state index contributed by atoms with van der Waals surface area (Å²) in [6.45, 7) is 0. The van der Waals surface area contributed by atoms with Gasteiger partial charge in [-0.3, -0.25) is 4.79 Å². The van der Waals surface area contributed by atoms with Crippen molar-refractivity contribution in [3.8, 4) is 11.8 Å². The lowest BCUT2D eigenvalue weighted by Gasteiger charge is -2.05. The molecule has 0 unspecified atom stereocenters. The summed E-state index contributed by atoms with van der Waals surface area (Å²) >= 11 is 5.31. The quantitative estimate of drug-likeness (QED) is 0.411. The molecule has 0 spiro atoms. The number of hydrogen-bond donors (Lipinski definition) is 1. The number of ether oxygens (including phenoxy) is 1. The molecule has 1 amide bonds. The Morgan fingerprint density at radius 1 is 1.45 bits per heavy atom. The number of carbonyl (C=O) groups excluding carboxylic acids is 1. The fourth-order valence-electron chi connectivity index (χ4n) is 1.60. The van der Waals surface area contributed by atoms with Crippen molar-refractivity contribution in [3.05, 3.63) is 49.9 Å². The second kappa shape index (κ2) is 7.47. The molecule has 0 aliphatic heterocycles.